The van der Waals surface area contributed by atoms with E-state index in [2.05, 4.69) is 22.4 Å². The molecule has 2 rings (SSSR count). The van der Waals surface area contributed by atoms with E-state index in [0.717, 1.165) is 12.4 Å². The van der Waals surface area contributed by atoms with Gasteiger partial charge >= 0.3 is 0 Å². The predicted octanol–water partition coefficient (Wildman–Crippen LogP) is 1.78. The lowest BCUT2D eigenvalue weighted by molar-refractivity contribution is 0.0821. The van der Waals surface area contributed by atoms with Crippen LogP contribution in [0.3, 0.4) is 0 Å². The molecule has 1 saturated carbocycles. The minimum Gasteiger partial charge on any atom is -0.368 e. The molecular formula is C13H20N4O. The van der Waals surface area contributed by atoms with Gasteiger partial charge < -0.3 is 10.2 Å². The van der Waals surface area contributed by atoms with Crippen LogP contribution >= 0.6 is 0 Å². The predicted molar refractivity (Wildman–Crippen MR) is 70.5 cm³/mol. The van der Waals surface area contributed by atoms with E-state index in [4.69, 9.17) is 0 Å². The summed E-state index contributed by atoms with van der Waals surface area (Å²) >= 11 is 0. The number of rotatable bonds is 5. The molecule has 0 radical (unpaired) electrons. The lowest BCUT2D eigenvalue weighted by atomic mass is 10.0. The van der Waals surface area contributed by atoms with Gasteiger partial charge in [0.15, 0.2) is 5.69 Å². The summed E-state index contributed by atoms with van der Waals surface area (Å²) in [5.41, 5.74) is 0.849. The third kappa shape index (κ3) is 2.78. The normalized spacial score (nSPS) is 16.2. The van der Waals surface area contributed by atoms with Gasteiger partial charge in [-0.3, -0.25) is 4.79 Å². The smallest absolute Gasteiger partial charge is 0.273 e. The topological polar surface area (TPSA) is 58.1 Å². The van der Waals surface area contributed by atoms with Crippen molar-refractivity contribution in [3.63, 3.8) is 0 Å². The van der Waals surface area contributed by atoms with Gasteiger partial charge in [0.05, 0.1) is 0 Å². The number of aromatic nitrogens is 2. The SMILES string of the molecule is CCC1(CNc2ccc(C(=O)N(C)C)nn2)CC1. The van der Waals surface area contributed by atoms with E-state index >= 15 is 0 Å². The molecule has 5 heteroatoms. The molecule has 1 heterocycles. The van der Waals surface area contributed by atoms with Gasteiger partial charge in [-0.2, -0.15) is 0 Å². The molecule has 0 atom stereocenters. The maximum atomic E-state index is 11.6. The Bertz CT molecular complexity index is 423. The van der Waals surface area contributed by atoms with Gasteiger partial charge in [-0.15, -0.1) is 10.2 Å². The first kappa shape index (κ1) is 12.8. The molecule has 0 unspecified atom stereocenters. The first-order valence-electron chi connectivity index (χ1n) is 6.35. The van der Waals surface area contributed by atoms with Crippen LogP contribution in [0.2, 0.25) is 0 Å². The van der Waals surface area contributed by atoms with Gasteiger partial charge in [0.1, 0.15) is 5.82 Å². The monoisotopic (exact) mass is 248 g/mol. The van der Waals surface area contributed by atoms with E-state index in [1.807, 2.05) is 6.07 Å². The molecular weight excluding hydrogens is 228 g/mol. The van der Waals surface area contributed by atoms with Crippen molar-refractivity contribution in [1.29, 1.82) is 0 Å². The minimum atomic E-state index is -0.124. The lowest BCUT2D eigenvalue weighted by Crippen LogP contribution is -2.23. The first-order valence-corrected chi connectivity index (χ1v) is 6.35. The summed E-state index contributed by atoms with van der Waals surface area (Å²) in [6, 6.07) is 3.53. The molecule has 0 saturated heterocycles. The average molecular weight is 248 g/mol. The Labute approximate surface area is 108 Å². The summed E-state index contributed by atoms with van der Waals surface area (Å²) in [6.07, 6.45) is 3.78. The van der Waals surface area contributed by atoms with E-state index in [-0.39, 0.29) is 5.91 Å². The fourth-order valence-corrected chi connectivity index (χ4v) is 1.88. The fourth-order valence-electron chi connectivity index (χ4n) is 1.88. The molecule has 0 aromatic carbocycles. The molecule has 18 heavy (non-hydrogen) atoms. The number of hydrogen-bond acceptors (Lipinski definition) is 4. The molecule has 1 aliphatic rings. The van der Waals surface area contributed by atoms with E-state index in [1.54, 1.807) is 20.2 Å². The third-order valence-corrected chi connectivity index (χ3v) is 3.64. The Morgan fingerprint density at radius 3 is 2.56 bits per heavy atom. The molecule has 1 amide bonds. The van der Waals surface area contributed by atoms with Crippen molar-refractivity contribution in [2.24, 2.45) is 5.41 Å². The Balaban J connectivity index is 1.93. The highest BCUT2D eigenvalue weighted by molar-refractivity contribution is 5.91. The summed E-state index contributed by atoms with van der Waals surface area (Å²) in [6.45, 7) is 3.17. The van der Waals surface area contributed by atoms with Crippen LogP contribution in [0.25, 0.3) is 0 Å². The van der Waals surface area contributed by atoms with Crippen LogP contribution in [0.1, 0.15) is 36.7 Å². The van der Waals surface area contributed by atoms with E-state index in [1.165, 1.54) is 24.2 Å². The molecule has 1 aliphatic carbocycles. The molecule has 1 aromatic rings. The van der Waals surface area contributed by atoms with E-state index in [9.17, 15) is 4.79 Å². The Kier molecular flexibility index (Phi) is 3.50. The van der Waals surface area contributed by atoms with Crippen LogP contribution in [-0.2, 0) is 0 Å². The van der Waals surface area contributed by atoms with Crippen LogP contribution in [-0.4, -0.2) is 41.6 Å². The molecule has 1 fully saturated rings. The second-order valence-corrected chi connectivity index (χ2v) is 5.21. The van der Waals surface area contributed by atoms with Gasteiger partial charge in [-0.1, -0.05) is 6.92 Å². The second kappa shape index (κ2) is 4.92. The lowest BCUT2D eigenvalue weighted by Gasteiger charge is -2.14. The summed E-state index contributed by atoms with van der Waals surface area (Å²) < 4.78 is 0. The number of nitrogens with one attached hydrogen (secondary N) is 1. The summed E-state index contributed by atoms with van der Waals surface area (Å²) in [4.78, 5) is 13.1. The van der Waals surface area contributed by atoms with Gasteiger partial charge in [-0.25, -0.2) is 0 Å². The molecule has 98 valence electrons. The molecule has 1 aromatic heterocycles. The first-order chi connectivity index (χ1) is 8.56. The van der Waals surface area contributed by atoms with Crippen molar-refractivity contribution < 1.29 is 4.79 Å². The summed E-state index contributed by atoms with van der Waals surface area (Å²) in [5, 5.41) is 11.3. The van der Waals surface area contributed by atoms with Gasteiger partial charge in [0.25, 0.3) is 5.91 Å². The number of nitrogens with zero attached hydrogens (tertiary/aromatic N) is 3. The molecule has 1 N–H and O–H groups in total. The van der Waals surface area contributed by atoms with E-state index in [0.29, 0.717) is 11.1 Å². The Hall–Kier alpha value is -1.65. The molecule has 0 spiro atoms. The second-order valence-electron chi connectivity index (χ2n) is 5.21. The third-order valence-electron chi connectivity index (χ3n) is 3.64. The van der Waals surface area contributed by atoms with Crippen LogP contribution < -0.4 is 5.32 Å². The maximum Gasteiger partial charge on any atom is 0.273 e. The number of carbonyl (C=O) groups is 1. The van der Waals surface area contributed by atoms with Crippen molar-refractivity contribution >= 4 is 11.7 Å². The van der Waals surface area contributed by atoms with E-state index < -0.39 is 0 Å². The highest BCUT2D eigenvalue weighted by Gasteiger charge is 2.40. The molecule has 0 bridgehead atoms. The van der Waals surface area contributed by atoms with Crippen molar-refractivity contribution in [2.45, 2.75) is 26.2 Å². The highest BCUT2D eigenvalue weighted by atomic mass is 16.2. The fraction of sp³-hybridized carbons (Fsp3) is 0.615. The van der Waals surface area contributed by atoms with Crippen molar-refractivity contribution in [3.05, 3.63) is 17.8 Å². The maximum absolute atomic E-state index is 11.6. The van der Waals surface area contributed by atoms with Crippen LogP contribution in [0.15, 0.2) is 12.1 Å². The molecule has 5 nitrogen and oxygen atoms in total. The van der Waals surface area contributed by atoms with Crippen LogP contribution in [0, 0.1) is 5.41 Å². The van der Waals surface area contributed by atoms with Crippen molar-refractivity contribution in [3.8, 4) is 0 Å². The Morgan fingerprint density at radius 1 is 1.39 bits per heavy atom. The number of amides is 1. The van der Waals surface area contributed by atoms with Crippen molar-refractivity contribution in [2.75, 3.05) is 26.0 Å². The summed E-state index contributed by atoms with van der Waals surface area (Å²) in [5.74, 6) is 0.617. The van der Waals surface area contributed by atoms with Crippen molar-refractivity contribution in [1.82, 2.24) is 15.1 Å². The highest BCUT2D eigenvalue weighted by Crippen LogP contribution is 2.48. The van der Waals surface area contributed by atoms with Gasteiger partial charge in [0, 0.05) is 20.6 Å². The van der Waals surface area contributed by atoms with Gasteiger partial charge in [-0.05, 0) is 36.8 Å². The standard InChI is InChI=1S/C13H20N4O/c1-4-13(7-8-13)9-14-11-6-5-10(15-16-11)12(18)17(2)3/h5-6H,4,7-9H2,1-3H3,(H,14,16). The number of hydrogen-bond donors (Lipinski definition) is 1. The number of carbonyl (C=O) groups excluding carboxylic acids is 1. The zero-order valence-corrected chi connectivity index (χ0v) is 11.2. The quantitative estimate of drug-likeness (QED) is 0.863. The zero-order chi connectivity index (χ0) is 13.2. The Morgan fingerprint density at radius 2 is 2.11 bits per heavy atom. The average Bonchev–Trinajstić information content (AvgIpc) is 3.17. The number of anilines is 1. The largest absolute Gasteiger partial charge is 0.368 e. The summed E-state index contributed by atoms with van der Waals surface area (Å²) in [7, 11) is 3.41. The minimum absolute atomic E-state index is 0.124. The molecule has 0 aliphatic heterocycles. The van der Waals surface area contributed by atoms with Gasteiger partial charge in [0.2, 0.25) is 0 Å². The zero-order valence-electron chi connectivity index (χ0n) is 11.2. The van der Waals surface area contributed by atoms with Crippen LogP contribution in [0.5, 0.6) is 0 Å². The van der Waals surface area contributed by atoms with Crippen LogP contribution in [0.4, 0.5) is 5.82 Å².